The van der Waals surface area contributed by atoms with Gasteiger partial charge in [0.25, 0.3) is 0 Å². The fraction of sp³-hybridized carbons (Fsp3) is 1.00. The van der Waals surface area contributed by atoms with Crippen molar-refractivity contribution in [2.45, 2.75) is 123 Å². The van der Waals surface area contributed by atoms with Crippen molar-refractivity contribution >= 4 is 0 Å². The maximum absolute atomic E-state index is 11.1. The summed E-state index contributed by atoms with van der Waals surface area (Å²) in [6.07, 6.45) is -29.7. The van der Waals surface area contributed by atoms with Crippen LogP contribution in [0.5, 0.6) is 0 Å². The fourth-order valence-corrected chi connectivity index (χ4v) is 5.62. The van der Waals surface area contributed by atoms with Gasteiger partial charge in [0.05, 0.1) is 38.5 Å². The molecular formula is C24H44N2O19. The predicted molar refractivity (Wildman–Crippen MR) is 138 cm³/mol. The highest BCUT2D eigenvalue weighted by atomic mass is 16.8. The molecule has 0 aromatic rings. The highest BCUT2D eigenvalue weighted by molar-refractivity contribution is 4.99. The van der Waals surface area contributed by atoms with Crippen molar-refractivity contribution in [2.75, 3.05) is 26.4 Å². The Morgan fingerprint density at radius 1 is 0.400 bits per heavy atom. The Morgan fingerprint density at radius 3 is 1.42 bits per heavy atom. The van der Waals surface area contributed by atoms with E-state index in [2.05, 4.69) is 0 Å². The van der Waals surface area contributed by atoms with Crippen LogP contribution in [-0.4, -0.2) is 210 Å². The SMILES string of the molecule is N[C@@H]1[C@@H](O[C@@H]2O[C@H](CO)[C@@H](O[C@@H]3O[C@H](CO)[C@H](O)[C@H](O[C@H]4O[C@H](CO)[C@H](O)[C@H](O)[C@H]4O)[C@H]3O)[C@H](O)[C@H]2N)[C@@H](O)[C@@H](CO)O[C@@H]1O. The summed E-state index contributed by atoms with van der Waals surface area (Å²) in [5, 5.41) is 123. The minimum atomic E-state index is -1.96. The molecule has 4 heterocycles. The Hall–Kier alpha value is -0.840. The van der Waals surface area contributed by atoms with Crippen LogP contribution in [-0.2, 0) is 33.2 Å². The van der Waals surface area contributed by atoms with E-state index in [0.717, 1.165) is 0 Å². The topological polar surface area (TPSA) is 359 Å². The zero-order chi connectivity index (χ0) is 33.3. The standard InChI is InChI=1S/C24H44N2O19/c25-9-14(34)18(8(4-30)42-22(9)44-19-10(26)21(38)39-6(2-28)12(19)32)43-24-17(37)20(13(33)7(3-29)41-24)45-23-16(36)15(35)11(31)5(1-27)40-23/h5-24,27-38H,1-4,25-26H2/t5-,6-,7-,8-,9-,10-,11+,12+,13+,14-,15+,16-,17-,18-,19-,20+,21+,22+,23-,24+/m1/s1. The largest absolute Gasteiger partial charge is 0.394 e. The summed E-state index contributed by atoms with van der Waals surface area (Å²) in [6.45, 7) is -3.17. The van der Waals surface area contributed by atoms with Gasteiger partial charge in [-0.05, 0) is 0 Å². The molecule has 4 aliphatic heterocycles. The van der Waals surface area contributed by atoms with E-state index in [4.69, 9.17) is 44.6 Å². The van der Waals surface area contributed by atoms with Crippen LogP contribution in [0.3, 0.4) is 0 Å². The maximum Gasteiger partial charge on any atom is 0.187 e. The third-order valence-corrected chi connectivity index (χ3v) is 8.36. The van der Waals surface area contributed by atoms with Crippen LogP contribution >= 0.6 is 0 Å². The first kappa shape index (κ1) is 37.0. The van der Waals surface area contributed by atoms with Crippen molar-refractivity contribution in [2.24, 2.45) is 11.5 Å². The zero-order valence-electron chi connectivity index (χ0n) is 23.8. The van der Waals surface area contributed by atoms with E-state index in [1.807, 2.05) is 0 Å². The highest BCUT2D eigenvalue weighted by Crippen LogP contribution is 2.33. The van der Waals surface area contributed by atoms with Crippen LogP contribution in [0.1, 0.15) is 0 Å². The molecule has 0 aliphatic carbocycles. The molecule has 21 nitrogen and oxygen atoms in total. The van der Waals surface area contributed by atoms with Crippen LogP contribution in [0.25, 0.3) is 0 Å². The normalized spacial score (nSPS) is 52.9. The fourth-order valence-electron chi connectivity index (χ4n) is 5.62. The average Bonchev–Trinajstić information content (AvgIpc) is 3.03. The summed E-state index contributed by atoms with van der Waals surface area (Å²) in [6, 6.07) is -2.82. The molecule has 0 aromatic heterocycles. The molecule has 0 bridgehead atoms. The number of aliphatic hydroxyl groups excluding tert-OH is 12. The molecule has 21 heteroatoms. The van der Waals surface area contributed by atoms with Crippen molar-refractivity contribution in [3.05, 3.63) is 0 Å². The highest BCUT2D eigenvalue weighted by Gasteiger charge is 2.54. The lowest BCUT2D eigenvalue weighted by molar-refractivity contribution is -0.378. The number of hydrogen-bond donors (Lipinski definition) is 14. The van der Waals surface area contributed by atoms with Gasteiger partial charge in [-0.2, -0.15) is 0 Å². The molecule has 0 aromatic carbocycles. The van der Waals surface area contributed by atoms with Crippen LogP contribution in [0.15, 0.2) is 0 Å². The first-order valence-electron chi connectivity index (χ1n) is 14.3. The molecule has 4 fully saturated rings. The lowest BCUT2D eigenvalue weighted by Crippen LogP contribution is -2.69. The van der Waals surface area contributed by atoms with Gasteiger partial charge in [0.2, 0.25) is 0 Å². The van der Waals surface area contributed by atoms with Crippen molar-refractivity contribution < 1.29 is 94.4 Å². The molecule has 0 radical (unpaired) electrons. The van der Waals surface area contributed by atoms with E-state index < -0.39 is 149 Å². The van der Waals surface area contributed by atoms with Gasteiger partial charge in [-0.3, -0.25) is 0 Å². The Balaban J connectivity index is 1.48. The zero-order valence-corrected chi connectivity index (χ0v) is 23.8. The maximum atomic E-state index is 11.1. The van der Waals surface area contributed by atoms with Gasteiger partial charge >= 0.3 is 0 Å². The Bertz CT molecular complexity index is 924. The molecule has 0 amide bonds. The third-order valence-electron chi connectivity index (χ3n) is 8.36. The van der Waals surface area contributed by atoms with Crippen LogP contribution in [0, 0.1) is 0 Å². The van der Waals surface area contributed by atoms with Crippen molar-refractivity contribution in [3.8, 4) is 0 Å². The van der Waals surface area contributed by atoms with Crippen LogP contribution in [0.2, 0.25) is 0 Å². The number of rotatable bonds is 10. The smallest absolute Gasteiger partial charge is 0.187 e. The van der Waals surface area contributed by atoms with Crippen molar-refractivity contribution in [1.29, 1.82) is 0 Å². The quantitative estimate of drug-likeness (QED) is 0.103. The second-order valence-corrected chi connectivity index (χ2v) is 11.3. The Labute approximate surface area is 255 Å². The summed E-state index contributed by atoms with van der Waals surface area (Å²) in [5.74, 6) is 0. The van der Waals surface area contributed by atoms with Gasteiger partial charge in [-0.25, -0.2) is 0 Å². The van der Waals surface area contributed by atoms with E-state index in [0.29, 0.717) is 0 Å². The molecule has 0 spiro atoms. The van der Waals surface area contributed by atoms with Gasteiger partial charge in [0, 0.05) is 0 Å². The molecule has 0 unspecified atom stereocenters. The Morgan fingerprint density at radius 2 is 0.844 bits per heavy atom. The van der Waals surface area contributed by atoms with Crippen LogP contribution in [0.4, 0.5) is 0 Å². The molecule has 45 heavy (non-hydrogen) atoms. The lowest BCUT2D eigenvalue weighted by Gasteiger charge is -2.49. The number of hydrogen-bond acceptors (Lipinski definition) is 21. The minimum absolute atomic E-state index is 0.700. The molecule has 4 saturated heterocycles. The lowest BCUT2D eigenvalue weighted by atomic mass is 9.94. The van der Waals surface area contributed by atoms with Gasteiger partial charge in [0.1, 0.15) is 85.5 Å². The summed E-state index contributed by atoms with van der Waals surface area (Å²) >= 11 is 0. The summed E-state index contributed by atoms with van der Waals surface area (Å²) < 4.78 is 38.3. The molecule has 0 saturated carbocycles. The third kappa shape index (κ3) is 7.44. The second-order valence-electron chi connectivity index (χ2n) is 11.3. The van der Waals surface area contributed by atoms with Gasteiger partial charge in [-0.15, -0.1) is 0 Å². The molecule has 4 rings (SSSR count). The summed E-state index contributed by atoms with van der Waals surface area (Å²) in [4.78, 5) is 0. The average molecular weight is 665 g/mol. The van der Waals surface area contributed by atoms with E-state index in [9.17, 15) is 61.3 Å². The molecule has 264 valence electrons. The second kappa shape index (κ2) is 15.6. The van der Waals surface area contributed by atoms with E-state index >= 15 is 0 Å². The predicted octanol–water partition coefficient (Wildman–Crippen LogP) is -9.82. The van der Waals surface area contributed by atoms with Gasteiger partial charge in [0.15, 0.2) is 25.2 Å². The molecule has 16 N–H and O–H groups in total. The molecule has 4 aliphatic rings. The first-order chi connectivity index (χ1) is 21.3. The Kier molecular flexibility index (Phi) is 12.8. The first-order valence-corrected chi connectivity index (χ1v) is 14.3. The summed E-state index contributed by atoms with van der Waals surface area (Å²) in [7, 11) is 0. The number of nitrogens with two attached hydrogens (primary N) is 2. The molecule has 20 atom stereocenters. The van der Waals surface area contributed by atoms with E-state index in [1.165, 1.54) is 0 Å². The number of ether oxygens (including phenoxy) is 7. The van der Waals surface area contributed by atoms with Gasteiger partial charge in [-0.1, -0.05) is 0 Å². The minimum Gasteiger partial charge on any atom is -0.394 e. The summed E-state index contributed by atoms with van der Waals surface area (Å²) in [5.41, 5.74) is 12.0. The van der Waals surface area contributed by atoms with Crippen molar-refractivity contribution in [1.82, 2.24) is 0 Å². The number of aliphatic hydroxyl groups is 12. The van der Waals surface area contributed by atoms with Gasteiger partial charge < -0.3 is 106 Å². The van der Waals surface area contributed by atoms with E-state index in [1.54, 1.807) is 0 Å². The van der Waals surface area contributed by atoms with Crippen LogP contribution < -0.4 is 11.5 Å². The van der Waals surface area contributed by atoms with E-state index in [-0.39, 0.29) is 0 Å². The van der Waals surface area contributed by atoms with Crippen molar-refractivity contribution in [3.63, 3.8) is 0 Å². The monoisotopic (exact) mass is 664 g/mol. The molecular weight excluding hydrogens is 620 g/mol.